The first-order valence-corrected chi connectivity index (χ1v) is 9.77. The second-order valence-electron chi connectivity index (χ2n) is 6.93. The van der Waals surface area contributed by atoms with Gasteiger partial charge in [0.05, 0.1) is 31.7 Å². The molecule has 0 saturated heterocycles. The van der Waals surface area contributed by atoms with E-state index in [-0.39, 0.29) is 5.91 Å². The number of nitrogens with zero attached hydrogens (tertiary/aromatic N) is 3. The third-order valence-corrected chi connectivity index (χ3v) is 4.81. The van der Waals surface area contributed by atoms with Crippen molar-refractivity contribution in [2.45, 2.75) is 13.5 Å². The molecule has 0 spiro atoms. The Bertz CT molecular complexity index is 1190. The van der Waals surface area contributed by atoms with Crippen molar-refractivity contribution in [1.82, 2.24) is 15.2 Å². The van der Waals surface area contributed by atoms with Crippen molar-refractivity contribution in [3.8, 4) is 17.0 Å². The maximum absolute atomic E-state index is 12.3. The topological polar surface area (TPSA) is 81.6 Å². The second-order valence-corrected chi connectivity index (χ2v) is 6.93. The lowest BCUT2D eigenvalue weighted by Gasteiger charge is -2.03. The van der Waals surface area contributed by atoms with Gasteiger partial charge in [-0.1, -0.05) is 30.3 Å². The van der Waals surface area contributed by atoms with E-state index in [1.165, 1.54) is 6.26 Å². The lowest BCUT2D eigenvalue weighted by molar-refractivity contribution is 0.0953. The van der Waals surface area contributed by atoms with Gasteiger partial charge < -0.3 is 9.15 Å². The molecule has 0 saturated carbocycles. The molecule has 2 heterocycles. The van der Waals surface area contributed by atoms with Crippen LogP contribution in [0, 0.1) is 6.92 Å². The molecule has 1 N–H and O–H groups in total. The van der Waals surface area contributed by atoms with Gasteiger partial charge in [0.2, 0.25) is 0 Å². The number of carbonyl (C=O) groups is 1. The zero-order valence-electron chi connectivity index (χ0n) is 17.3. The number of nitrogens with one attached hydrogen (secondary N) is 1. The number of rotatable bonds is 7. The van der Waals surface area contributed by atoms with Gasteiger partial charge >= 0.3 is 0 Å². The van der Waals surface area contributed by atoms with Crippen LogP contribution in [-0.4, -0.2) is 29.0 Å². The molecule has 1 amide bonds. The minimum absolute atomic E-state index is 0.329. The van der Waals surface area contributed by atoms with E-state index in [0.29, 0.717) is 17.9 Å². The van der Waals surface area contributed by atoms with Gasteiger partial charge in [-0.05, 0) is 42.8 Å². The minimum Gasteiger partial charge on any atom is -0.497 e. The fraction of sp³-hybridized carbons (Fsp3) is 0.125. The summed E-state index contributed by atoms with van der Waals surface area (Å²) in [6.45, 7) is 2.35. The number of carbonyl (C=O) groups excluding carboxylic acids is 1. The minimum atomic E-state index is -0.329. The highest BCUT2D eigenvalue weighted by molar-refractivity contribution is 5.96. The van der Waals surface area contributed by atoms with Gasteiger partial charge in [-0.3, -0.25) is 9.48 Å². The Labute approximate surface area is 180 Å². The molecule has 2 aromatic carbocycles. The quantitative estimate of drug-likeness (QED) is 0.362. The molecule has 4 aromatic rings. The first-order chi connectivity index (χ1) is 15.1. The van der Waals surface area contributed by atoms with Crippen LogP contribution in [0.2, 0.25) is 0 Å². The van der Waals surface area contributed by atoms with E-state index in [2.05, 4.69) is 22.7 Å². The summed E-state index contributed by atoms with van der Waals surface area (Å²) in [4.78, 5) is 12.3. The molecule has 2 aromatic heterocycles. The molecule has 0 unspecified atom stereocenters. The van der Waals surface area contributed by atoms with Gasteiger partial charge in [0.25, 0.3) is 5.91 Å². The van der Waals surface area contributed by atoms with Crippen LogP contribution in [-0.2, 0) is 6.54 Å². The summed E-state index contributed by atoms with van der Waals surface area (Å²) in [5.41, 5.74) is 6.60. The monoisotopic (exact) mass is 414 g/mol. The fourth-order valence-corrected chi connectivity index (χ4v) is 3.20. The fourth-order valence-electron chi connectivity index (χ4n) is 3.20. The second kappa shape index (κ2) is 9.13. The summed E-state index contributed by atoms with van der Waals surface area (Å²) in [6, 6.07) is 19.4. The summed E-state index contributed by atoms with van der Waals surface area (Å²) < 4.78 is 12.3. The summed E-state index contributed by atoms with van der Waals surface area (Å²) in [5, 5.41) is 8.88. The average molecular weight is 414 g/mol. The highest BCUT2D eigenvalue weighted by Gasteiger charge is 2.12. The number of hydrazone groups is 1. The largest absolute Gasteiger partial charge is 0.497 e. The van der Waals surface area contributed by atoms with Crippen LogP contribution in [0.25, 0.3) is 11.3 Å². The number of furan rings is 1. The number of methoxy groups -OCH3 is 1. The average Bonchev–Trinajstić information content (AvgIpc) is 3.40. The number of hydrogen-bond acceptors (Lipinski definition) is 5. The van der Waals surface area contributed by atoms with Crippen molar-refractivity contribution in [3.05, 3.63) is 95.6 Å². The Morgan fingerprint density at radius 3 is 2.61 bits per heavy atom. The van der Waals surface area contributed by atoms with E-state index in [1.54, 1.807) is 26.3 Å². The van der Waals surface area contributed by atoms with Crippen molar-refractivity contribution in [1.29, 1.82) is 0 Å². The number of ether oxygens (including phenoxy) is 1. The zero-order chi connectivity index (χ0) is 21.6. The molecule has 0 radical (unpaired) electrons. The molecule has 0 aliphatic heterocycles. The van der Waals surface area contributed by atoms with Crippen molar-refractivity contribution < 1.29 is 13.9 Å². The number of benzene rings is 2. The molecule has 7 heteroatoms. The number of aromatic nitrogens is 2. The van der Waals surface area contributed by atoms with E-state index in [4.69, 9.17) is 14.3 Å². The Morgan fingerprint density at radius 2 is 1.94 bits per heavy atom. The van der Waals surface area contributed by atoms with E-state index in [9.17, 15) is 4.79 Å². The van der Waals surface area contributed by atoms with Crippen LogP contribution in [0.1, 0.15) is 27.2 Å². The molecule has 0 bridgehead atoms. The Hall–Kier alpha value is -4.13. The van der Waals surface area contributed by atoms with E-state index >= 15 is 0 Å². The molecule has 31 heavy (non-hydrogen) atoms. The van der Waals surface area contributed by atoms with Crippen molar-refractivity contribution in [2.24, 2.45) is 5.10 Å². The van der Waals surface area contributed by atoms with Gasteiger partial charge in [0.1, 0.15) is 17.2 Å². The van der Waals surface area contributed by atoms with E-state index in [0.717, 1.165) is 28.1 Å². The maximum atomic E-state index is 12.3. The third-order valence-electron chi connectivity index (χ3n) is 4.81. The lowest BCUT2D eigenvalue weighted by Crippen LogP contribution is -2.17. The highest BCUT2D eigenvalue weighted by Crippen LogP contribution is 2.24. The van der Waals surface area contributed by atoms with Crippen LogP contribution >= 0.6 is 0 Å². The van der Waals surface area contributed by atoms with Crippen molar-refractivity contribution >= 4 is 12.1 Å². The molecular formula is C24H22N4O3. The lowest BCUT2D eigenvalue weighted by atomic mass is 10.1. The van der Waals surface area contributed by atoms with E-state index in [1.807, 2.05) is 53.3 Å². The van der Waals surface area contributed by atoms with Crippen LogP contribution < -0.4 is 10.2 Å². The summed E-state index contributed by atoms with van der Waals surface area (Å²) in [7, 11) is 1.63. The third kappa shape index (κ3) is 4.72. The van der Waals surface area contributed by atoms with E-state index < -0.39 is 0 Å². The van der Waals surface area contributed by atoms with Gasteiger partial charge in [0.15, 0.2) is 0 Å². The van der Waals surface area contributed by atoms with Gasteiger partial charge in [0, 0.05) is 17.3 Å². The number of aryl methyl sites for hydroxylation is 1. The van der Waals surface area contributed by atoms with Crippen LogP contribution in [0.3, 0.4) is 0 Å². The Kier molecular flexibility index (Phi) is 5.93. The first-order valence-electron chi connectivity index (χ1n) is 9.77. The molecular weight excluding hydrogens is 392 g/mol. The molecule has 7 nitrogen and oxygen atoms in total. The Morgan fingerprint density at radius 1 is 1.16 bits per heavy atom. The first kappa shape index (κ1) is 20.2. The van der Waals surface area contributed by atoms with Crippen molar-refractivity contribution in [3.63, 3.8) is 0 Å². The number of amides is 1. The molecule has 0 aliphatic carbocycles. The molecule has 156 valence electrons. The Balaban J connectivity index is 1.60. The number of hydrogen-bond donors (Lipinski definition) is 1. The standard InChI is InChI=1S/C24H22N4O3/c1-17-22(12-13-31-17)24(29)26-25-14-20-16-28(15-18-6-4-3-5-7-18)27-23(20)19-8-10-21(30-2)11-9-19/h3-14,16H,15H2,1-2H3,(H,26,29)/b25-14-. The van der Waals surface area contributed by atoms with Gasteiger partial charge in [-0.15, -0.1) is 0 Å². The van der Waals surface area contributed by atoms with Crippen molar-refractivity contribution in [2.75, 3.05) is 7.11 Å². The van der Waals surface area contributed by atoms with Crippen LogP contribution in [0.4, 0.5) is 0 Å². The smallest absolute Gasteiger partial charge is 0.274 e. The van der Waals surface area contributed by atoms with Crippen LogP contribution in [0.5, 0.6) is 5.75 Å². The molecule has 4 rings (SSSR count). The molecule has 0 fully saturated rings. The predicted molar refractivity (Wildman–Crippen MR) is 118 cm³/mol. The normalized spacial score (nSPS) is 11.0. The van der Waals surface area contributed by atoms with Gasteiger partial charge in [-0.2, -0.15) is 10.2 Å². The maximum Gasteiger partial charge on any atom is 0.274 e. The predicted octanol–water partition coefficient (Wildman–Crippen LogP) is 4.27. The zero-order valence-corrected chi connectivity index (χ0v) is 17.3. The van der Waals surface area contributed by atoms with Gasteiger partial charge in [-0.25, -0.2) is 5.43 Å². The molecule has 0 aliphatic rings. The molecule has 0 atom stereocenters. The van der Waals surface area contributed by atoms with Crippen LogP contribution in [0.15, 0.2) is 82.6 Å². The highest BCUT2D eigenvalue weighted by atomic mass is 16.5. The summed E-state index contributed by atoms with van der Waals surface area (Å²) >= 11 is 0. The summed E-state index contributed by atoms with van der Waals surface area (Å²) in [6.07, 6.45) is 4.98. The SMILES string of the molecule is COc1ccc(-c2nn(Cc3ccccc3)cc2/C=N\NC(=O)c2ccoc2C)cc1. The summed E-state index contributed by atoms with van der Waals surface area (Å²) in [5.74, 6) is 0.984.